The average Bonchev–Trinajstić information content (AvgIpc) is 2.58. The molecule has 2 heteroatoms. The van der Waals surface area contributed by atoms with Crippen molar-refractivity contribution in [3.05, 3.63) is 71.3 Å². The third kappa shape index (κ3) is 2.25. The van der Waals surface area contributed by atoms with Crippen LogP contribution in [0.4, 0.5) is 0 Å². The Balaban J connectivity index is 1.83. The SMILES string of the molecule is O=C1CC[C@@H]2COc3ccccc3[C@H]2/C1=C/c1ccccc1. The number of rotatable bonds is 1. The summed E-state index contributed by atoms with van der Waals surface area (Å²) in [6.07, 6.45) is 3.62. The zero-order valence-corrected chi connectivity index (χ0v) is 12.4. The van der Waals surface area contributed by atoms with E-state index in [0.717, 1.165) is 28.9 Å². The van der Waals surface area contributed by atoms with Crippen molar-refractivity contribution in [3.63, 3.8) is 0 Å². The van der Waals surface area contributed by atoms with Crippen molar-refractivity contribution >= 4 is 11.9 Å². The van der Waals surface area contributed by atoms with Crippen molar-refractivity contribution in [2.75, 3.05) is 6.61 Å². The Morgan fingerprint density at radius 1 is 1.00 bits per heavy atom. The second-order valence-electron chi connectivity index (χ2n) is 6.06. The van der Waals surface area contributed by atoms with Crippen LogP contribution >= 0.6 is 0 Å². The highest BCUT2D eigenvalue weighted by molar-refractivity contribution is 6.02. The first-order valence-electron chi connectivity index (χ1n) is 7.84. The fourth-order valence-electron chi connectivity index (χ4n) is 3.62. The molecule has 1 aliphatic carbocycles. The number of para-hydroxylation sites is 1. The van der Waals surface area contributed by atoms with Gasteiger partial charge in [-0.15, -0.1) is 0 Å². The van der Waals surface area contributed by atoms with Crippen molar-refractivity contribution in [1.82, 2.24) is 0 Å². The molecule has 0 radical (unpaired) electrons. The van der Waals surface area contributed by atoms with Gasteiger partial charge in [-0.05, 0) is 24.1 Å². The molecule has 0 aromatic heterocycles. The molecule has 1 heterocycles. The number of Topliss-reactive ketones (excluding diaryl/α,β-unsaturated/α-hetero) is 1. The second kappa shape index (κ2) is 5.45. The summed E-state index contributed by atoms with van der Waals surface area (Å²) >= 11 is 0. The minimum absolute atomic E-state index is 0.173. The summed E-state index contributed by atoms with van der Waals surface area (Å²) in [5.74, 6) is 1.79. The van der Waals surface area contributed by atoms with E-state index in [1.165, 1.54) is 0 Å². The first-order chi connectivity index (χ1) is 10.8. The molecule has 2 aliphatic rings. The Labute approximate surface area is 130 Å². The zero-order chi connectivity index (χ0) is 14.9. The molecule has 0 saturated heterocycles. The highest BCUT2D eigenvalue weighted by Crippen LogP contribution is 2.47. The lowest BCUT2D eigenvalue weighted by atomic mass is 9.70. The molecule has 110 valence electrons. The molecule has 1 aliphatic heterocycles. The number of allylic oxidation sites excluding steroid dienone is 1. The van der Waals surface area contributed by atoms with Gasteiger partial charge in [0.2, 0.25) is 0 Å². The van der Waals surface area contributed by atoms with Gasteiger partial charge in [-0.2, -0.15) is 0 Å². The molecule has 0 amide bonds. The Morgan fingerprint density at radius 2 is 1.77 bits per heavy atom. The number of fused-ring (bicyclic) bond motifs is 3. The van der Waals surface area contributed by atoms with E-state index < -0.39 is 0 Å². The van der Waals surface area contributed by atoms with Crippen molar-refractivity contribution in [2.45, 2.75) is 18.8 Å². The van der Waals surface area contributed by atoms with E-state index in [1.54, 1.807) is 0 Å². The van der Waals surface area contributed by atoms with Crippen LogP contribution in [-0.4, -0.2) is 12.4 Å². The predicted molar refractivity (Wildman–Crippen MR) is 86.8 cm³/mol. The van der Waals surface area contributed by atoms with Crippen LogP contribution < -0.4 is 4.74 Å². The third-order valence-electron chi connectivity index (χ3n) is 4.70. The van der Waals surface area contributed by atoms with E-state index in [9.17, 15) is 4.79 Å². The first kappa shape index (κ1) is 13.3. The largest absolute Gasteiger partial charge is 0.493 e. The molecule has 2 atom stereocenters. The number of hydrogen-bond acceptors (Lipinski definition) is 2. The monoisotopic (exact) mass is 290 g/mol. The summed E-state index contributed by atoms with van der Waals surface area (Å²) in [5.41, 5.74) is 3.20. The number of carbonyl (C=O) groups is 1. The minimum atomic E-state index is 0.173. The Kier molecular flexibility index (Phi) is 3.30. The number of ketones is 1. The van der Waals surface area contributed by atoms with Crippen LogP contribution in [0.25, 0.3) is 6.08 Å². The van der Waals surface area contributed by atoms with Crippen LogP contribution in [0.5, 0.6) is 5.75 Å². The topological polar surface area (TPSA) is 26.3 Å². The molecule has 22 heavy (non-hydrogen) atoms. The minimum Gasteiger partial charge on any atom is -0.493 e. The Morgan fingerprint density at radius 3 is 2.64 bits per heavy atom. The van der Waals surface area contributed by atoms with E-state index in [2.05, 4.69) is 24.3 Å². The molecule has 2 nitrogen and oxygen atoms in total. The summed E-state index contributed by atoms with van der Waals surface area (Å²) in [7, 11) is 0. The first-order valence-corrected chi connectivity index (χ1v) is 7.84. The van der Waals surface area contributed by atoms with E-state index in [0.29, 0.717) is 18.9 Å². The summed E-state index contributed by atoms with van der Waals surface area (Å²) in [5, 5.41) is 0. The second-order valence-corrected chi connectivity index (χ2v) is 6.06. The highest BCUT2D eigenvalue weighted by atomic mass is 16.5. The molecule has 4 rings (SSSR count). The van der Waals surface area contributed by atoms with Crippen LogP contribution in [-0.2, 0) is 4.79 Å². The molecule has 2 aromatic rings. The quantitative estimate of drug-likeness (QED) is 0.735. The van der Waals surface area contributed by atoms with Gasteiger partial charge >= 0.3 is 0 Å². The molecular weight excluding hydrogens is 272 g/mol. The van der Waals surface area contributed by atoms with Crippen LogP contribution in [0.3, 0.4) is 0 Å². The maximum absolute atomic E-state index is 12.6. The van der Waals surface area contributed by atoms with Crippen molar-refractivity contribution in [1.29, 1.82) is 0 Å². The van der Waals surface area contributed by atoms with Gasteiger partial charge in [-0.3, -0.25) is 4.79 Å². The van der Waals surface area contributed by atoms with Crippen molar-refractivity contribution < 1.29 is 9.53 Å². The molecule has 0 bridgehead atoms. The van der Waals surface area contributed by atoms with Crippen LogP contribution in [0, 0.1) is 5.92 Å². The number of benzene rings is 2. The van der Waals surface area contributed by atoms with Gasteiger partial charge in [0, 0.05) is 29.4 Å². The highest BCUT2D eigenvalue weighted by Gasteiger charge is 2.39. The zero-order valence-electron chi connectivity index (χ0n) is 12.4. The standard InChI is InChI=1S/C20H18O2/c21-18-11-10-15-13-22-19-9-5-4-8-16(19)20(15)17(18)12-14-6-2-1-3-7-14/h1-9,12,15,20H,10-11,13H2/b17-12+/t15-,20+/m1/s1. The maximum Gasteiger partial charge on any atom is 0.159 e. The van der Waals surface area contributed by atoms with Gasteiger partial charge in [0.1, 0.15) is 5.75 Å². The molecule has 1 fully saturated rings. The van der Waals surface area contributed by atoms with Gasteiger partial charge in [0.15, 0.2) is 5.78 Å². The lowest BCUT2D eigenvalue weighted by Gasteiger charge is -2.38. The van der Waals surface area contributed by atoms with Gasteiger partial charge in [0.25, 0.3) is 0 Å². The lowest BCUT2D eigenvalue weighted by Crippen LogP contribution is -2.33. The van der Waals surface area contributed by atoms with Gasteiger partial charge < -0.3 is 4.74 Å². The summed E-state index contributed by atoms with van der Waals surface area (Å²) < 4.78 is 5.89. The Hall–Kier alpha value is -2.35. The summed E-state index contributed by atoms with van der Waals surface area (Å²) in [6, 6.07) is 18.2. The molecule has 0 N–H and O–H groups in total. The number of carbonyl (C=O) groups excluding carboxylic acids is 1. The molecule has 2 aromatic carbocycles. The molecule has 1 saturated carbocycles. The van der Waals surface area contributed by atoms with E-state index in [4.69, 9.17) is 4.74 Å². The van der Waals surface area contributed by atoms with Gasteiger partial charge in [-0.1, -0.05) is 48.5 Å². The van der Waals surface area contributed by atoms with E-state index in [-0.39, 0.29) is 11.7 Å². The smallest absolute Gasteiger partial charge is 0.159 e. The van der Waals surface area contributed by atoms with Crippen LogP contribution in [0.15, 0.2) is 60.2 Å². The maximum atomic E-state index is 12.6. The summed E-state index contributed by atoms with van der Waals surface area (Å²) in [6.45, 7) is 0.709. The van der Waals surface area contributed by atoms with Crippen molar-refractivity contribution in [2.24, 2.45) is 5.92 Å². The van der Waals surface area contributed by atoms with Gasteiger partial charge in [0.05, 0.1) is 6.61 Å². The molecule has 0 unspecified atom stereocenters. The van der Waals surface area contributed by atoms with Crippen LogP contribution in [0.1, 0.15) is 29.9 Å². The normalized spacial score (nSPS) is 25.3. The third-order valence-corrected chi connectivity index (χ3v) is 4.70. The molecule has 0 spiro atoms. The number of hydrogen-bond donors (Lipinski definition) is 0. The van der Waals surface area contributed by atoms with E-state index >= 15 is 0 Å². The fourth-order valence-corrected chi connectivity index (χ4v) is 3.62. The fraction of sp³-hybridized carbons (Fsp3) is 0.250. The lowest BCUT2D eigenvalue weighted by molar-refractivity contribution is -0.117. The number of ether oxygens (including phenoxy) is 1. The Bertz CT molecular complexity index is 730. The van der Waals surface area contributed by atoms with Crippen molar-refractivity contribution in [3.8, 4) is 5.75 Å². The average molecular weight is 290 g/mol. The van der Waals surface area contributed by atoms with E-state index in [1.807, 2.05) is 36.4 Å². The molecular formula is C20H18O2. The van der Waals surface area contributed by atoms with Crippen LogP contribution in [0.2, 0.25) is 0 Å². The summed E-state index contributed by atoms with van der Waals surface area (Å²) in [4.78, 5) is 12.6. The van der Waals surface area contributed by atoms with Gasteiger partial charge in [-0.25, -0.2) is 0 Å². The predicted octanol–water partition coefficient (Wildman–Crippen LogP) is 4.23.